The van der Waals surface area contributed by atoms with Crippen molar-refractivity contribution in [2.24, 2.45) is 5.41 Å². The lowest BCUT2D eigenvalue weighted by Crippen LogP contribution is -2.31. The summed E-state index contributed by atoms with van der Waals surface area (Å²) in [6.45, 7) is -1.58. The lowest BCUT2D eigenvalue weighted by molar-refractivity contribution is -0.168. The van der Waals surface area contributed by atoms with Gasteiger partial charge in [0.05, 0.1) is 5.52 Å². The molecule has 0 aliphatic heterocycles. The standard InChI is InChI=1S/C23H13ClF7N5/c24-14-1-2-17-18(9-14)36-12-32-34-20(36)33-19(17)35(11-22(26,27)28)16-8-13(7-15(25)10-16)3-4-21(5-6-21)23(29,30)31/h1-2,7-10,12H,5-6,11H2. The van der Waals surface area contributed by atoms with Gasteiger partial charge < -0.3 is 4.90 Å². The van der Waals surface area contributed by atoms with E-state index >= 15 is 0 Å². The van der Waals surface area contributed by atoms with Crippen molar-refractivity contribution in [3.63, 3.8) is 0 Å². The lowest BCUT2D eigenvalue weighted by atomic mass is 10.1. The van der Waals surface area contributed by atoms with Crippen LogP contribution in [-0.2, 0) is 0 Å². The van der Waals surface area contributed by atoms with Gasteiger partial charge in [0.1, 0.15) is 29.9 Å². The Balaban J connectivity index is 1.68. The zero-order valence-electron chi connectivity index (χ0n) is 17.9. The average Bonchev–Trinajstić information content (AvgIpc) is 3.44. The molecule has 2 heterocycles. The number of fused-ring (bicyclic) bond motifs is 3. The van der Waals surface area contributed by atoms with Crippen LogP contribution in [0.3, 0.4) is 0 Å². The summed E-state index contributed by atoms with van der Waals surface area (Å²) >= 11 is 6.08. The zero-order valence-corrected chi connectivity index (χ0v) is 18.7. The van der Waals surface area contributed by atoms with E-state index in [1.807, 2.05) is 0 Å². The number of hydrogen-bond donors (Lipinski definition) is 0. The molecule has 0 N–H and O–H groups in total. The predicted molar refractivity (Wildman–Crippen MR) is 117 cm³/mol. The molecule has 0 bridgehead atoms. The molecular formula is C23H13ClF7N5. The number of benzene rings is 2. The Morgan fingerprint density at radius 3 is 2.47 bits per heavy atom. The zero-order chi connectivity index (χ0) is 25.9. The van der Waals surface area contributed by atoms with Crippen LogP contribution in [0, 0.1) is 23.1 Å². The van der Waals surface area contributed by atoms with Crippen LogP contribution in [0.5, 0.6) is 0 Å². The van der Waals surface area contributed by atoms with Gasteiger partial charge in [-0.3, -0.25) is 4.40 Å². The monoisotopic (exact) mass is 527 g/mol. The van der Waals surface area contributed by atoms with E-state index in [-0.39, 0.29) is 41.1 Å². The highest BCUT2D eigenvalue weighted by Gasteiger charge is 2.62. The summed E-state index contributed by atoms with van der Waals surface area (Å²) < 4.78 is 96.6. The van der Waals surface area contributed by atoms with Gasteiger partial charge >= 0.3 is 12.4 Å². The molecule has 4 aromatic rings. The first kappa shape index (κ1) is 24.1. The molecule has 2 aromatic carbocycles. The Hall–Kier alpha value is -3.59. The molecule has 2 aromatic heterocycles. The second-order valence-electron chi connectivity index (χ2n) is 8.33. The van der Waals surface area contributed by atoms with E-state index < -0.39 is 30.1 Å². The molecule has 5 nitrogen and oxygen atoms in total. The SMILES string of the molecule is Fc1cc(C#CC2(C(F)(F)F)CC2)cc(N(CC(F)(F)F)c2nc3nncn3c3cc(Cl)ccc23)c1. The summed E-state index contributed by atoms with van der Waals surface area (Å²) in [5.74, 6) is 3.19. The van der Waals surface area contributed by atoms with Crippen molar-refractivity contribution < 1.29 is 30.7 Å². The third-order valence-corrected chi connectivity index (χ3v) is 5.96. The second-order valence-corrected chi connectivity index (χ2v) is 8.76. The second kappa shape index (κ2) is 8.23. The number of halogens is 8. The molecule has 36 heavy (non-hydrogen) atoms. The fraction of sp³-hybridized carbons (Fsp3) is 0.261. The number of aromatic nitrogens is 4. The maximum Gasteiger partial charge on any atom is 0.406 e. The van der Waals surface area contributed by atoms with Gasteiger partial charge in [0.25, 0.3) is 5.78 Å². The minimum atomic E-state index is -4.76. The van der Waals surface area contributed by atoms with Crippen molar-refractivity contribution in [1.29, 1.82) is 0 Å². The van der Waals surface area contributed by atoms with Crippen molar-refractivity contribution in [2.45, 2.75) is 25.2 Å². The first-order valence-corrected chi connectivity index (χ1v) is 10.8. The van der Waals surface area contributed by atoms with Gasteiger partial charge in [0.2, 0.25) is 0 Å². The Kier molecular flexibility index (Phi) is 5.51. The van der Waals surface area contributed by atoms with E-state index in [0.717, 1.165) is 18.2 Å². The van der Waals surface area contributed by atoms with Crippen LogP contribution in [0.2, 0.25) is 5.02 Å². The van der Waals surface area contributed by atoms with Crippen LogP contribution in [-0.4, -0.2) is 38.5 Å². The van der Waals surface area contributed by atoms with E-state index in [2.05, 4.69) is 27.0 Å². The Bertz CT molecular complexity index is 1540. The number of hydrogen-bond acceptors (Lipinski definition) is 4. The summed E-state index contributed by atoms with van der Waals surface area (Å²) in [7, 11) is 0. The molecule has 0 amide bonds. The van der Waals surface area contributed by atoms with Gasteiger partial charge in [-0.2, -0.15) is 31.3 Å². The van der Waals surface area contributed by atoms with Crippen molar-refractivity contribution in [1.82, 2.24) is 19.6 Å². The van der Waals surface area contributed by atoms with Crippen LogP contribution < -0.4 is 4.90 Å². The third kappa shape index (κ3) is 4.51. The maximum absolute atomic E-state index is 14.5. The number of alkyl halides is 6. The summed E-state index contributed by atoms with van der Waals surface area (Å²) in [6, 6.07) is 7.16. The van der Waals surface area contributed by atoms with E-state index in [1.165, 1.54) is 28.9 Å². The Morgan fingerprint density at radius 1 is 1.06 bits per heavy atom. The van der Waals surface area contributed by atoms with Crippen LogP contribution in [0.25, 0.3) is 16.7 Å². The molecular weight excluding hydrogens is 515 g/mol. The molecule has 0 saturated heterocycles. The highest BCUT2D eigenvalue weighted by molar-refractivity contribution is 6.31. The highest BCUT2D eigenvalue weighted by atomic mass is 35.5. The Labute approximate surface area is 203 Å². The first-order valence-electron chi connectivity index (χ1n) is 10.4. The molecule has 1 aliphatic carbocycles. The molecule has 1 saturated carbocycles. The molecule has 5 rings (SSSR count). The summed E-state index contributed by atoms with van der Waals surface area (Å²) in [4.78, 5) is 4.91. The molecule has 0 unspecified atom stereocenters. The van der Waals surface area contributed by atoms with Gasteiger partial charge in [0.15, 0.2) is 0 Å². The predicted octanol–water partition coefficient (Wildman–Crippen LogP) is 6.46. The van der Waals surface area contributed by atoms with E-state index in [4.69, 9.17) is 11.6 Å². The summed E-state index contributed by atoms with van der Waals surface area (Å²) in [6.07, 6.45) is -8.39. The molecule has 0 spiro atoms. The fourth-order valence-corrected chi connectivity index (χ4v) is 3.96. The molecule has 0 radical (unpaired) electrons. The van der Waals surface area contributed by atoms with Gasteiger partial charge in [-0.05, 0) is 49.2 Å². The van der Waals surface area contributed by atoms with Crippen LogP contribution in [0.1, 0.15) is 18.4 Å². The minimum absolute atomic E-state index is 0.0378. The van der Waals surface area contributed by atoms with Gasteiger partial charge in [-0.15, -0.1) is 10.2 Å². The van der Waals surface area contributed by atoms with Gasteiger partial charge in [0, 0.05) is 21.7 Å². The molecule has 13 heteroatoms. The smallest absolute Gasteiger partial charge is 0.316 e. The molecule has 186 valence electrons. The van der Waals surface area contributed by atoms with Crippen LogP contribution in [0.15, 0.2) is 42.7 Å². The largest absolute Gasteiger partial charge is 0.406 e. The topological polar surface area (TPSA) is 46.3 Å². The van der Waals surface area contributed by atoms with E-state index in [0.29, 0.717) is 15.4 Å². The van der Waals surface area contributed by atoms with Gasteiger partial charge in [-0.1, -0.05) is 23.4 Å². The molecule has 1 fully saturated rings. The number of rotatable bonds is 3. The normalized spacial score (nSPS) is 15.1. The highest BCUT2D eigenvalue weighted by Crippen LogP contribution is 2.57. The summed E-state index contributed by atoms with van der Waals surface area (Å²) in [5, 5.41) is 8.04. The summed E-state index contributed by atoms with van der Waals surface area (Å²) in [5.41, 5.74) is -2.34. The number of anilines is 2. The minimum Gasteiger partial charge on any atom is -0.316 e. The average molecular weight is 528 g/mol. The van der Waals surface area contributed by atoms with Gasteiger partial charge in [-0.25, -0.2) is 4.39 Å². The van der Waals surface area contributed by atoms with Crippen molar-refractivity contribution in [3.8, 4) is 11.8 Å². The van der Waals surface area contributed by atoms with Crippen molar-refractivity contribution >= 4 is 39.8 Å². The van der Waals surface area contributed by atoms with E-state index in [1.54, 1.807) is 0 Å². The Morgan fingerprint density at radius 2 is 1.81 bits per heavy atom. The quantitative estimate of drug-likeness (QED) is 0.226. The number of nitrogens with zero attached hydrogens (tertiary/aromatic N) is 5. The maximum atomic E-state index is 14.5. The molecule has 0 atom stereocenters. The molecule has 1 aliphatic rings. The van der Waals surface area contributed by atoms with E-state index in [9.17, 15) is 30.7 Å². The van der Waals surface area contributed by atoms with Crippen molar-refractivity contribution in [2.75, 3.05) is 11.4 Å². The van der Waals surface area contributed by atoms with Crippen LogP contribution in [0.4, 0.5) is 42.2 Å². The van der Waals surface area contributed by atoms with Crippen LogP contribution >= 0.6 is 11.6 Å². The third-order valence-electron chi connectivity index (χ3n) is 5.72. The lowest BCUT2D eigenvalue weighted by Gasteiger charge is -2.26. The first-order chi connectivity index (χ1) is 16.9. The van der Waals surface area contributed by atoms with Crippen molar-refractivity contribution in [3.05, 3.63) is 59.1 Å². The fourth-order valence-electron chi connectivity index (χ4n) is 3.80.